The van der Waals surface area contributed by atoms with E-state index in [2.05, 4.69) is 0 Å². The lowest BCUT2D eigenvalue weighted by Crippen LogP contribution is -2.22. The van der Waals surface area contributed by atoms with Crippen LogP contribution < -0.4 is 11.5 Å². The van der Waals surface area contributed by atoms with E-state index < -0.39 is 24.0 Å². The molecule has 0 spiro atoms. The molecule has 0 fully saturated rings. The van der Waals surface area contributed by atoms with Crippen molar-refractivity contribution in [3.8, 4) is 0 Å². The number of carboxylic acid groups (broad SMARTS) is 2. The normalized spacial score (nSPS) is 14.1. The lowest BCUT2D eigenvalue weighted by Gasteiger charge is -2.10. The first-order chi connectivity index (χ1) is 7.43. The second-order valence-electron chi connectivity index (χ2n) is 3.30. The van der Waals surface area contributed by atoms with Crippen LogP contribution in [0.2, 0.25) is 0 Å². The molecule has 0 aliphatic carbocycles. The van der Waals surface area contributed by atoms with E-state index >= 15 is 0 Å². The van der Waals surface area contributed by atoms with Crippen molar-refractivity contribution in [2.45, 2.75) is 12.1 Å². The minimum atomic E-state index is -1.14. The molecule has 16 heavy (non-hydrogen) atoms. The van der Waals surface area contributed by atoms with Gasteiger partial charge < -0.3 is 21.7 Å². The maximum atomic E-state index is 10.6. The molecule has 1 aromatic rings. The number of carboxylic acids is 2. The summed E-state index contributed by atoms with van der Waals surface area (Å²) in [6.45, 7) is 0. The van der Waals surface area contributed by atoms with E-state index in [0.29, 0.717) is 11.1 Å². The fraction of sp³-hybridized carbons (Fsp3) is 0.200. The number of carbonyl (C=O) groups is 2. The van der Waals surface area contributed by atoms with Gasteiger partial charge in [-0.25, -0.2) is 0 Å². The molecule has 6 heteroatoms. The highest BCUT2D eigenvalue weighted by Gasteiger charge is 2.17. The second-order valence-corrected chi connectivity index (χ2v) is 3.30. The third-order valence-electron chi connectivity index (χ3n) is 2.19. The Bertz CT molecular complexity index is 363. The van der Waals surface area contributed by atoms with Crippen molar-refractivity contribution in [3.05, 3.63) is 35.4 Å². The Labute approximate surface area is 91.5 Å². The van der Waals surface area contributed by atoms with Gasteiger partial charge in [-0.1, -0.05) is 24.3 Å². The van der Waals surface area contributed by atoms with Crippen molar-refractivity contribution in [1.82, 2.24) is 0 Å². The summed E-state index contributed by atoms with van der Waals surface area (Å²) in [5.74, 6) is -2.29. The highest BCUT2D eigenvalue weighted by molar-refractivity contribution is 5.76. The van der Waals surface area contributed by atoms with E-state index in [1.165, 1.54) is 24.3 Å². The van der Waals surface area contributed by atoms with E-state index in [-0.39, 0.29) is 0 Å². The molecule has 0 saturated carbocycles. The van der Waals surface area contributed by atoms with Crippen LogP contribution in [0.1, 0.15) is 23.2 Å². The Hall–Kier alpha value is -1.92. The molecule has 6 nitrogen and oxygen atoms in total. The first-order valence-electron chi connectivity index (χ1n) is 4.50. The van der Waals surface area contributed by atoms with Crippen LogP contribution in [-0.4, -0.2) is 22.2 Å². The third-order valence-corrected chi connectivity index (χ3v) is 2.19. The predicted molar refractivity (Wildman–Crippen MR) is 55.6 cm³/mol. The number of aliphatic carboxylic acids is 2. The molecule has 0 bridgehead atoms. The lowest BCUT2D eigenvalue weighted by molar-refractivity contribution is -0.139. The molecule has 1 aromatic carbocycles. The Morgan fingerprint density at radius 1 is 0.875 bits per heavy atom. The van der Waals surface area contributed by atoms with Gasteiger partial charge in [0, 0.05) is 0 Å². The molecule has 0 heterocycles. The summed E-state index contributed by atoms with van der Waals surface area (Å²) in [6.07, 6.45) is 0. The molecule has 86 valence electrons. The summed E-state index contributed by atoms with van der Waals surface area (Å²) in [6, 6.07) is 3.59. The SMILES string of the molecule is NC(C(=O)O)c1ccc(C(N)C(=O)O)cc1. The Balaban J connectivity index is 2.91. The van der Waals surface area contributed by atoms with Crippen LogP contribution in [0.3, 0.4) is 0 Å². The Morgan fingerprint density at radius 3 is 1.31 bits per heavy atom. The zero-order chi connectivity index (χ0) is 12.3. The quantitative estimate of drug-likeness (QED) is 0.563. The molecule has 2 unspecified atom stereocenters. The van der Waals surface area contributed by atoms with E-state index in [0.717, 1.165) is 0 Å². The van der Waals surface area contributed by atoms with Gasteiger partial charge in [0.05, 0.1) is 0 Å². The van der Waals surface area contributed by atoms with Gasteiger partial charge in [-0.15, -0.1) is 0 Å². The molecule has 0 amide bonds. The standard InChI is InChI=1S/C10H12N2O4/c11-7(9(13)14)5-1-2-6(4-3-5)8(12)10(15)16/h1-4,7-8H,11-12H2,(H,13,14)(H,15,16). The zero-order valence-electron chi connectivity index (χ0n) is 8.33. The lowest BCUT2D eigenvalue weighted by atomic mass is 10.0. The van der Waals surface area contributed by atoms with Crippen LogP contribution in [-0.2, 0) is 9.59 Å². The van der Waals surface area contributed by atoms with Crippen molar-refractivity contribution in [2.24, 2.45) is 11.5 Å². The predicted octanol–water partition coefficient (Wildman–Crippen LogP) is -0.145. The summed E-state index contributed by atoms with van der Waals surface area (Å²) in [7, 11) is 0. The van der Waals surface area contributed by atoms with Gasteiger partial charge in [0.1, 0.15) is 12.1 Å². The van der Waals surface area contributed by atoms with E-state index in [9.17, 15) is 9.59 Å². The van der Waals surface area contributed by atoms with Gasteiger partial charge in [-0.05, 0) is 11.1 Å². The van der Waals surface area contributed by atoms with Gasteiger partial charge in [0.2, 0.25) is 0 Å². The molecule has 1 rings (SSSR count). The molecular weight excluding hydrogens is 212 g/mol. The average Bonchev–Trinajstić information content (AvgIpc) is 2.27. The maximum absolute atomic E-state index is 10.6. The molecule has 0 radical (unpaired) electrons. The van der Waals surface area contributed by atoms with Crippen LogP contribution in [0.15, 0.2) is 24.3 Å². The monoisotopic (exact) mass is 224 g/mol. The van der Waals surface area contributed by atoms with Crippen molar-refractivity contribution >= 4 is 11.9 Å². The highest BCUT2D eigenvalue weighted by Crippen LogP contribution is 2.15. The summed E-state index contributed by atoms with van der Waals surface area (Å²) < 4.78 is 0. The largest absolute Gasteiger partial charge is 0.480 e. The third kappa shape index (κ3) is 2.56. The number of benzene rings is 1. The smallest absolute Gasteiger partial charge is 0.325 e. The highest BCUT2D eigenvalue weighted by atomic mass is 16.4. The van der Waals surface area contributed by atoms with E-state index in [1.54, 1.807) is 0 Å². The van der Waals surface area contributed by atoms with E-state index in [4.69, 9.17) is 21.7 Å². The second kappa shape index (κ2) is 4.73. The van der Waals surface area contributed by atoms with Gasteiger partial charge >= 0.3 is 11.9 Å². The van der Waals surface area contributed by atoms with E-state index in [1.807, 2.05) is 0 Å². The summed E-state index contributed by atoms with van der Waals surface area (Å²) in [5.41, 5.74) is 11.5. The molecule has 6 N–H and O–H groups in total. The first-order valence-corrected chi connectivity index (χ1v) is 4.50. The van der Waals surface area contributed by atoms with Crippen LogP contribution in [0.4, 0.5) is 0 Å². The number of hydrogen-bond acceptors (Lipinski definition) is 4. The number of nitrogens with two attached hydrogens (primary N) is 2. The van der Waals surface area contributed by atoms with Gasteiger partial charge in [0.25, 0.3) is 0 Å². The van der Waals surface area contributed by atoms with Crippen molar-refractivity contribution in [3.63, 3.8) is 0 Å². The Morgan fingerprint density at radius 2 is 1.12 bits per heavy atom. The van der Waals surface area contributed by atoms with Crippen LogP contribution in [0.5, 0.6) is 0 Å². The zero-order valence-corrected chi connectivity index (χ0v) is 8.33. The fourth-order valence-electron chi connectivity index (χ4n) is 1.20. The fourth-order valence-corrected chi connectivity index (χ4v) is 1.20. The summed E-state index contributed by atoms with van der Waals surface area (Å²) in [5, 5.41) is 17.3. The minimum Gasteiger partial charge on any atom is -0.480 e. The number of rotatable bonds is 4. The molecular formula is C10H12N2O4. The van der Waals surface area contributed by atoms with Crippen molar-refractivity contribution < 1.29 is 19.8 Å². The van der Waals surface area contributed by atoms with Crippen LogP contribution >= 0.6 is 0 Å². The minimum absolute atomic E-state index is 0.397. The maximum Gasteiger partial charge on any atom is 0.325 e. The Kier molecular flexibility index (Phi) is 3.60. The van der Waals surface area contributed by atoms with Crippen LogP contribution in [0.25, 0.3) is 0 Å². The summed E-state index contributed by atoms with van der Waals surface area (Å²) >= 11 is 0. The molecule has 0 aliphatic heterocycles. The number of hydrogen-bond donors (Lipinski definition) is 4. The average molecular weight is 224 g/mol. The van der Waals surface area contributed by atoms with Gasteiger partial charge in [0.15, 0.2) is 0 Å². The van der Waals surface area contributed by atoms with Gasteiger partial charge in [-0.2, -0.15) is 0 Å². The summed E-state index contributed by atoms with van der Waals surface area (Å²) in [4.78, 5) is 21.2. The topological polar surface area (TPSA) is 127 Å². The molecule has 2 atom stereocenters. The molecule has 0 aromatic heterocycles. The van der Waals surface area contributed by atoms with Crippen molar-refractivity contribution in [1.29, 1.82) is 0 Å². The van der Waals surface area contributed by atoms with Crippen LogP contribution in [0, 0.1) is 0 Å². The van der Waals surface area contributed by atoms with Crippen molar-refractivity contribution in [2.75, 3.05) is 0 Å². The first kappa shape index (κ1) is 12.2. The van der Waals surface area contributed by atoms with Gasteiger partial charge in [-0.3, -0.25) is 9.59 Å². The molecule has 0 aliphatic rings. The molecule has 0 saturated heterocycles.